The molecule has 0 N–H and O–H groups in total. The third-order valence-electron chi connectivity index (χ3n) is 1.98. The van der Waals surface area contributed by atoms with Gasteiger partial charge in [0.05, 0.1) is 0 Å². The Kier molecular flexibility index (Phi) is 4.68. The first-order chi connectivity index (χ1) is 5.88. The summed E-state index contributed by atoms with van der Waals surface area (Å²) in [6, 6.07) is 0. The van der Waals surface area contributed by atoms with Crippen molar-refractivity contribution in [3.63, 3.8) is 0 Å². The van der Waals surface area contributed by atoms with Crippen LogP contribution in [0.5, 0.6) is 0 Å². The molecule has 0 unspecified atom stereocenters. The molecule has 0 saturated heterocycles. The second-order valence-electron chi connectivity index (χ2n) is 4.34. The molecule has 0 aliphatic rings. The Morgan fingerprint density at radius 3 is 2.08 bits per heavy atom. The van der Waals surface area contributed by atoms with Crippen LogP contribution in [0, 0.1) is 5.41 Å². The maximum absolute atomic E-state index is 4.42. The first-order valence-electron chi connectivity index (χ1n) is 4.72. The summed E-state index contributed by atoms with van der Waals surface area (Å²) in [7, 11) is 0. The number of rotatable bonds is 2. The fourth-order valence-electron chi connectivity index (χ4n) is 0.698. The summed E-state index contributed by atoms with van der Waals surface area (Å²) in [5.74, 6) is 0. The first-order valence-corrected chi connectivity index (χ1v) is 4.72. The lowest BCUT2D eigenvalue weighted by atomic mass is 9.91. The van der Waals surface area contributed by atoms with Crippen LogP contribution >= 0.6 is 0 Å². The summed E-state index contributed by atoms with van der Waals surface area (Å²) >= 11 is 0. The van der Waals surface area contributed by atoms with Gasteiger partial charge >= 0.3 is 0 Å². The molecule has 0 aromatic rings. The molecule has 0 bridgehead atoms. The van der Waals surface area contributed by atoms with Crippen LogP contribution < -0.4 is 0 Å². The monoisotopic (exact) mass is 179 g/mol. The molecule has 0 heterocycles. The van der Waals surface area contributed by atoms with Crippen molar-refractivity contribution in [2.24, 2.45) is 10.4 Å². The minimum atomic E-state index is 0.173. The summed E-state index contributed by atoms with van der Waals surface area (Å²) in [4.78, 5) is 4.42. The number of hydrogen-bond donors (Lipinski definition) is 0. The molecule has 13 heavy (non-hydrogen) atoms. The molecular weight excluding hydrogens is 158 g/mol. The molecule has 0 aromatic heterocycles. The molecule has 0 fully saturated rings. The standard InChI is InChI=1S/C12H21N/c1-7-8-10(2)9-13-11(3)12(4,5)6/h7-9H,1-6H3/b8-7-,10-9-,13-11+. The van der Waals surface area contributed by atoms with E-state index in [9.17, 15) is 0 Å². The highest BCUT2D eigenvalue weighted by molar-refractivity contribution is 5.87. The average molecular weight is 179 g/mol. The normalized spacial score (nSPS) is 15.5. The van der Waals surface area contributed by atoms with Gasteiger partial charge in [0.2, 0.25) is 0 Å². The van der Waals surface area contributed by atoms with Gasteiger partial charge in [-0.05, 0) is 31.8 Å². The average Bonchev–Trinajstić information content (AvgIpc) is 1.99. The highest BCUT2D eigenvalue weighted by Gasteiger charge is 2.12. The number of nitrogens with zero attached hydrogens (tertiary/aromatic N) is 1. The molecule has 0 aliphatic heterocycles. The van der Waals surface area contributed by atoms with Crippen molar-refractivity contribution in [2.75, 3.05) is 0 Å². The molecule has 1 nitrogen and oxygen atoms in total. The van der Waals surface area contributed by atoms with Crippen molar-refractivity contribution in [3.8, 4) is 0 Å². The van der Waals surface area contributed by atoms with Gasteiger partial charge in [-0.25, -0.2) is 0 Å². The fourth-order valence-corrected chi connectivity index (χ4v) is 0.698. The lowest BCUT2D eigenvalue weighted by Crippen LogP contribution is -2.16. The van der Waals surface area contributed by atoms with E-state index in [0.717, 1.165) is 5.71 Å². The van der Waals surface area contributed by atoms with Gasteiger partial charge in [0.1, 0.15) is 0 Å². The van der Waals surface area contributed by atoms with E-state index in [1.54, 1.807) is 0 Å². The molecule has 0 aliphatic carbocycles. The summed E-state index contributed by atoms with van der Waals surface area (Å²) in [6.07, 6.45) is 5.99. The van der Waals surface area contributed by atoms with E-state index in [-0.39, 0.29) is 5.41 Å². The highest BCUT2D eigenvalue weighted by atomic mass is 14.7. The summed E-state index contributed by atoms with van der Waals surface area (Å²) in [6.45, 7) is 12.6. The second-order valence-corrected chi connectivity index (χ2v) is 4.34. The number of hydrogen-bond acceptors (Lipinski definition) is 1. The smallest absolute Gasteiger partial charge is 0.0296 e. The van der Waals surface area contributed by atoms with Gasteiger partial charge in [0, 0.05) is 11.9 Å². The SMILES string of the molecule is C\C=C/C(C)=C\N=C(/C)C(C)(C)C. The predicted molar refractivity (Wildman–Crippen MR) is 61.1 cm³/mol. The highest BCUT2D eigenvalue weighted by Crippen LogP contribution is 2.15. The Balaban J connectivity index is 4.51. The van der Waals surface area contributed by atoms with Crippen LogP contribution in [-0.4, -0.2) is 5.71 Å². The molecule has 74 valence electrons. The molecule has 0 radical (unpaired) electrons. The molecular formula is C12H21N. The number of allylic oxidation sites excluding steroid dienone is 3. The topological polar surface area (TPSA) is 12.4 Å². The Bertz CT molecular complexity index is 236. The lowest BCUT2D eigenvalue weighted by Gasteiger charge is -2.16. The Morgan fingerprint density at radius 2 is 1.69 bits per heavy atom. The van der Waals surface area contributed by atoms with Crippen LogP contribution in [0.15, 0.2) is 28.9 Å². The molecule has 0 spiro atoms. The zero-order chi connectivity index (χ0) is 10.5. The van der Waals surface area contributed by atoms with Crippen LogP contribution in [-0.2, 0) is 0 Å². The minimum Gasteiger partial charge on any atom is -0.265 e. The van der Waals surface area contributed by atoms with Crippen molar-refractivity contribution in [3.05, 3.63) is 23.9 Å². The first kappa shape index (κ1) is 12.2. The maximum Gasteiger partial charge on any atom is 0.0296 e. The van der Waals surface area contributed by atoms with Crippen molar-refractivity contribution in [2.45, 2.75) is 41.5 Å². The van der Waals surface area contributed by atoms with Gasteiger partial charge < -0.3 is 0 Å². The van der Waals surface area contributed by atoms with Crippen LogP contribution in [0.25, 0.3) is 0 Å². The summed E-state index contributed by atoms with van der Waals surface area (Å²) < 4.78 is 0. The molecule has 0 aromatic carbocycles. The van der Waals surface area contributed by atoms with Gasteiger partial charge in [-0.2, -0.15) is 0 Å². The zero-order valence-corrected chi connectivity index (χ0v) is 9.68. The third kappa shape index (κ3) is 5.40. The van der Waals surface area contributed by atoms with Crippen molar-refractivity contribution < 1.29 is 0 Å². The summed E-state index contributed by atoms with van der Waals surface area (Å²) in [5, 5.41) is 0. The molecule has 0 amide bonds. The van der Waals surface area contributed by atoms with E-state index < -0.39 is 0 Å². The predicted octanol–water partition coefficient (Wildman–Crippen LogP) is 3.97. The van der Waals surface area contributed by atoms with Gasteiger partial charge in [0.15, 0.2) is 0 Å². The fraction of sp³-hybridized carbons (Fsp3) is 0.583. The van der Waals surface area contributed by atoms with Crippen molar-refractivity contribution >= 4 is 5.71 Å². The number of aliphatic imine (C=N–C) groups is 1. The second kappa shape index (κ2) is 5.00. The van der Waals surface area contributed by atoms with E-state index in [1.165, 1.54) is 5.57 Å². The molecule has 0 saturated carbocycles. The van der Waals surface area contributed by atoms with Crippen LogP contribution in [0.2, 0.25) is 0 Å². The Hall–Kier alpha value is -0.850. The Labute approximate surface area is 82.3 Å². The van der Waals surface area contributed by atoms with Crippen molar-refractivity contribution in [1.29, 1.82) is 0 Å². The van der Waals surface area contributed by atoms with Gasteiger partial charge in [-0.15, -0.1) is 0 Å². The van der Waals surface area contributed by atoms with Crippen LogP contribution in [0.4, 0.5) is 0 Å². The van der Waals surface area contributed by atoms with Gasteiger partial charge in [-0.3, -0.25) is 4.99 Å². The van der Waals surface area contributed by atoms with Gasteiger partial charge in [0.25, 0.3) is 0 Å². The van der Waals surface area contributed by atoms with Crippen LogP contribution in [0.1, 0.15) is 41.5 Å². The summed E-state index contributed by atoms with van der Waals surface area (Å²) in [5.41, 5.74) is 2.52. The Morgan fingerprint density at radius 1 is 1.15 bits per heavy atom. The molecule has 1 heteroatoms. The van der Waals surface area contributed by atoms with E-state index in [1.807, 2.05) is 19.2 Å². The quantitative estimate of drug-likeness (QED) is 0.449. The van der Waals surface area contributed by atoms with E-state index in [2.05, 4.69) is 45.7 Å². The molecule has 0 atom stereocenters. The zero-order valence-electron chi connectivity index (χ0n) is 9.68. The van der Waals surface area contributed by atoms with E-state index >= 15 is 0 Å². The largest absolute Gasteiger partial charge is 0.265 e. The van der Waals surface area contributed by atoms with Crippen molar-refractivity contribution in [1.82, 2.24) is 0 Å². The minimum absolute atomic E-state index is 0.173. The molecule has 0 rings (SSSR count). The van der Waals surface area contributed by atoms with E-state index in [0.29, 0.717) is 0 Å². The van der Waals surface area contributed by atoms with Gasteiger partial charge in [-0.1, -0.05) is 32.9 Å². The lowest BCUT2D eigenvalue weighted by molar-refractivity contribution is 0.588. The third-order valence-corrected chi connectivity index (χ3v) is 1.98. The van der Waals surface area contributed by atoms with E-state index in [4.69, 9.17) is 0 Å². The maximum atomic E-state index is 4.42. The van der Waals surface area contributed by atoms with Crippen LogP contribution in [0.3, 0.4) is 0 Å².